The molecule has 0 spiro atoms. The standard InChI is InChI=1S/C11H19N3O2/c1-5-6-16-11-10(13(4)8-15)7-12-14(11)9(2)3/h7-9H,5-6H2,1-4H3. The van der Waals surface area contributed by atoms with E-state index in [1.165, 1.54) is 4.90 Å². The molecule has 0 radical (unpaired) electrons. The highest BCUT2D eigenvalue weighted by Crippen LogP contribution is 2.29. The zero-order valence-corrected chi connectivity index (χ0v) is 10.3. The number of carbonyl (C=O) groups is 1. The summed E-state index contributed by atoms with van der Waals surface area (Å²) in [5, 5.41) is 4.23. The van der Waals surface area contributed by atoms with E-state index in [4.69, 9.17) is 4.74 Å². The van der Waals surface area contributed by atoms with Crippen LogP contribution in [-0.2, 0) is 4.79 Å². The molecule has 5 nitrogen and oxygen atoms in total. The molecule has 0 aliphatic carbocycles. The number of hydrogen-bond donors (Lipinski definition) is 0. The van der Waals surface area contributed by atoms with E-state index in [9.17, 15) is 4.79 Å². The Morgan fingerprint density at radius 2 is 2.31 bits per heavy atom. The van der Waals surface area contributed by atoms with E-state index in [1.807, 2.05) is 20.8 Å². The van der Waals surface area contributed by atoms with Gasteiger partial charge in [-0.2, -0.15) is 5.10 Å². The molecule has 0 atom stereocenters. The first-order valence-corrected chi connectivity index (χ1v) is 5.50. The van der Waals surface area contributed by atoms with Gasteiger partial charge in [-0.05, 0) is 20.3 Å². The lowest BCUT2D eigenvalue weighted by Gasteiger charge is -2.15. The second-order valence-electron chi connectivity index (χ2n) is 3.94. The SMILES string of the molecule is CCCOc1c(N(C)C=O)cnn1C(C)C. The first kappa shape index (κ1) is 12.5. The van der Waals surface area contributed by atoms with Crippen molar-refractivity contribution in [1.82, 2.24) is 9.78 Å². The maximum absolute atomic E-state index is 10.7. The molecular weight excluding hydrogens is 206 g/mol. The van der Waals surface area contributed by atoms with Gasteiger partial charge in [-0.3, -0.25) is 4.79 Å². The van der Waals surface area contributed by atoms with Crippen LogP contribution < -0.4 is 9.64 Å². The summed E-state index contributed by atoms with van der Waals surface area (Å²) in [6.45, 7) is 6.71. The van der Waals surface area contributed by atoms with Crippen molar-refractivity contribution >= 4 is 12.1 Å². The molecule has 0 aromatic carbocycles. The molecule has 1 aromatic heterocycles. The molecule has 0 aliphatic rings. The van der Waals surface area contributed by atoms with Crippen LogP contribution in [0.15, 0.2) is 6.20 Å². The number of carbonyl (C=O) groups excluding carboxylic acids is 1. The second-order valence-corrected chi connectivity index (χ2v) is 3.94. The fraction of sp³-hybridized carbons (Fsp3) is 0.636. The molecule has 0 aliphatic heterocycles. The number of amides is 1. The molecule has 1 aromatic rings. The van der Waals surface area contributed by atoms with Crippen molar-refractivity contribution < 1.29 is 9.53 Å². The third-order valence-corrected chi connectivity index (χ3v) is 2.20. The van der Waals surface area contributed by atoms with E-state index in [-0.39, 0.29) is 6.04 Å². The van der Waals surface area contributed by atoms with Crippen LogP contribution in [0.2, 0.25) is 0 Å². The molecule has 1 heterocycles. The van der Waals surface area contributed by atoms with Crippen molar-refractivity contribution in [2.45, 2.75) is 33.2 Å². The molecule has 1 amide bonds. The van der Waals surface area contributed by atoms with E-state index in [0.29, 0.717) is 18.2 Å². The summed E-state index contributed by atoms with van der Waals surface area (Å²) in [7, 11) is 1.69. The van der Waals surface area contributed by atoms with E-state index >= 15 is 0 Å². The molecule has 0 N–H and O–H groups in total. The predicted octanol–water partition coefficient (Wildman–Crippen LogP) is 1.85. The van der Waals surface area contributed by atoms with Crippen LogP contribution in [-0.4, -0.2) is 29.8 Å². The van der Waals surface area contributed by atoms with E-state index in [2.05, 4.69) is 5.10 Å². The van der Waals surface area contributed by atoms with Crippen LogP contribution in [0, 0.1) is 0 Å². The molecule has 5 heteroatoms. The highest BCUT2D eigenvalue weighted by atomic mass is 16.5. The smallest absolute Gasteiger partial charge is 0.236 e. The summed E-state index contributed by atoms with van der Waals surface area (Å²) in [5.74, 6) is 0.659. The van der Waals surface area contributed by atoms with Crippen molar-refractivity contribution in [2.75, 3.05) is 18.6 Å². The van der Waals surface area contributed by atoms with E-state index in [1.54, 1.807) is 17.9 Å². The molecule has 0 unspecified atom stereocenters. The number of rotatable bonds is 6. The van der Waals surface area contributed by atoms with Gasteiger partial charge in [0, 0.05) is 7.05 Å². The molecular formula is C11H19N3O2. The average molecular weight is 225 g/mol. The minimum Gasteiger partial charge on any atom is -0.476 e. The zero-order chi connectivity index (χ0) is 12.1. The molecule has 1 rings (SSSR count). The van der Waals surface area contributed by atoms with E-state index < -0.39 is 0 Å². The van der Waals surface area contributed by atoms with Crippen LogP contribution in [0.25, 0.3) is 0 Å². The molecule has 0 fully saturated rings. The molecule has 0 saturated heterocycles. The second kappa shape index (κ2) is 5.53. The predicted molar refractivity (Wildman–Crippen MR) is 62.9 cm³/mol. The normalized spacial score (nSPS) is 10.6. The van der Waals surface area contributed by atoms with Gasteiger partial charge in [-0.15, -0.1) is 0 Å². The maximum Gasteiger partial charge on any atom is 0.236 e. The van der Waals surface area contributed by atoms with Gasteiger partial charge >= 0.3 is 0 Å². The zero-order valence-electron chi connectivity index (χ0n) is 10.3. The van der Waals surface area contributed by atoms with Crippen LogP contribution in [0.3, 0.4) is 0 Å². The van der Waals surface area contributed by atoms with E-state index in [0.717, 1.165) is 12.8 Å². The lowest BCUT2D eigenvalue weighted by molar-refractivity contribution is -0.107. The Morgan fingerprint density at radius 1 is 1.62 bits per heavy atom. The van der Waals surface area contributed by atoms with Gasteiger partial charge in [0.25, 0.3) is 0 Å². The van der Waals surface area contributed by atoms with Crippen molar-refractivity contribution in [1.29, 1.82) is 0 Å². The monoisotopic (exact) mass is 225 g/mol. The Kier molecular flexibility index (Phi) is 4.34. The Bertz CT molecular complexity index is 347. The van der Waals surface area contributed by atoms with Crippen LogP contribution >= 0.6 is 0 Å². The van der Waals surface area contributed by atoms with Gasteiger partial charge in [0.05, 0.1) is 18.8 Å². The highest BCUT2D eigenvalue weighted by Gasteiger charge is 2.17. The molecule has 0 bridgehead atoms. The Morgan fingerprint density at radius 3 is 2.81 bits per heavy atom. The van der Waals surface area contributed by atoms with Crippen molar-refractivity contribution in [3.63, 3.8) is 0 Å². The topological polar surface area (TPSA) is 47.4 Å². The summed E-state index contributed by atoms with van der Waals surface area (Å²) >= 11 is 0. The number of hydrogen-bond acceptors (Lipinski definition) is 3. The quantitative estimate of drug-likeness (QED) is 0.694. The maximum atomic E-state index is 10.7. The van der Waals surface area contributed by atoms with Gasteiger partial charge in [-0.1, -0.05) is 6.92 Å². The minimum absolute atomic E-state index is 0.209. The first-order chi connectivity index (χ1) is 7.61. The van der Waals surface area contributed by atoms with Crippen LogP contribution in [0.5, 0.6) is 5.88 Å². The first-order valence-electron chi connectivity index (χ1n) is 5.50. The summed E-state index contributed by atoms with van der Waals surface area (Å²) in [6, 6.07) is 0.209. The summed E-state index contributed by atoms with van der Waals surface area (Å²) in [5.41, 5.74) is 0.706. The highest BCUT2D eigenvalue weighted by molar-refractivity contribution is 5.76. The summed E-state index contributed by atoms with van der Waals surface area (Å²) in [6.07, 6.45) is 3.33. The lowest BCUT2D eigenvalue weighted by atomic mass is 10.4. The third kappa shape index (κ3) is 2.53. The lowest BCUT2D eigenvalue weighted by Crippen LogP contribution is -2.16. The van der Waals surface area contributed by atoms with Gasteiger partial charge in [0.2, 0.25) is 12.3 Å². The Balaban J connectivity index is 3.03. The van der Waals surface area contributed by atoms with Gasteiger partial charge in [-0.25, -0.2) is 4.68 Å². The third-order valence-electron chi connectivity index (χ3n) is 2.20. The summed E-state index contributed by atoms with van der Waals surface area (Å²) < 4.78 is 7.42. The molecule has 0 saturated carbocycles. The van der Waals surface area contributed by atoms with Crippen molar-refractivity contribution in [3.05, 3.63) is 6.20 Å². The fourth-order valence-electron chi connectivity index (χ4n) is 1.35. The largest absolute Gasteiger partial charge is 0.476 e. The number of anilines is 1. The van der Waals surface area contributed by atoms with Crippen molar-refractivity contribution in [2.24, 2.45) is 0 Å². The van der Waals surface area contributed by atoms with Gasteiger partial charge in [0.15, 0.2) is 0 Å². The van der Waals surface area contributed by atoms with Crippen LogP contribution in [0.4, 0.5) is 5.69 Å². The van der Waals surface area contributed by atoms with Crippen molar-refractivity contribution in [3.8, 4) is 5.88 Å². The Hall–Kier alpha value is -1.52. The summed E-state index contributed by atoms with van der Waals surface area (Å²) in [4.78, 5) is 12.2. The van der Waals surface area contributed by atoms with Gasteiger partial charge < -0.3 is 9.64 Å². The molecule has 16 heavy (non-hydrogen) atoms. The molecule has 90 valence electrons. The van der Waals surface area contributed by atoms with Crippen LogP contribution in [0.1, 0.15) is 33.2 Å². The number of aromatic nitrogens is 2. The fourth-order valence-corrected chi connectivity index (χ4v) is 1.35. The van der Waals surface area contributed by atoms with Gasteiger partial charge in [0.1, 0.15) is 5.69 Å². The average Bonchev–Trinajstić information content (AvgIpc) is 2.68. The Labute approximate surface area is 96.0 Å². The minimum atomic E-state index is 0.209. The number of ether oxygens (including phenoxy) is 1. The number of nitrogens with zero attached hydrogens (tertiary/aromatic N) is 3.